The van der Waals surface area contributed by atoms with Crippen molar-refractivity contribution < 1.29 is 14.3 Å². The molecule has 0 spiro atoms. The first-order valence-corrected chi connectivity index (χ1v) is 10.3. The Kier molecular flexibility index (Phi) is 6.10. The highest BCUT2D eigenvalue weighted by molar-refractivity contribution is 5.96. The number of hydrogen-bond acceptors (Lipinski definition) is 3. The van der Waals surface area contributed by atoms with Gasteiger partial charge in [0.05, 0.1) is 12.0 Å². The summed E-state index contributed by atoms with van der Waals surface area (Å²) in [5.74, 6) is -0.0894. The lowest BCUT2D eigenvalue weighted by Crippen LogP contribution is -2.35. The average Bonchev–Trinajstić information content (AvgIpc) is 3.27. The monoisotopic (exact) mass is 393 g/mol. The molecule has 0 bridgehead atoms. The van der Waals surface area contributed by atoms with Gasteiger partial charge in [-0.25, -0.2) is 4.79 Å². The molecule has 4 rings (SSSR count). The van der Waals surface area contributed by atoms with Crippen molar-refractivity contribution >= 4 is 23.3 Å². The standard InChI is InChI=1S/C23H27N3O3/c27-22(21-9-3-6-16-5-1-2-8-20(16)21)25-17-10-12-18(13-11-17)26-23(28)24-15-19-7-4-14-29-19/h1-2,5,8,10-13,19,21H,3-4,6-7,9,14-15H2,(H,25,27)(H2,24,26,28). The first kappa shape index (κ1) is 19.5. The van der Waals surface area contributed by atoms with Gasteiger partial charge in [-0.2, -0.15) is 0 Å². The van der Waals surface area contributed by atoms with Crippen molar-refractivity contribution in [3.8, 4) is 0 Å². The first-order valence-electron chi connectivity index (χ1n) is 10.3. The number of rotatable bonds is 5. The van der Waals surface area contributed by atoms with E-state index in [0.717, 1.165) is 50.0 Å². The lowest BCUT2D eigenvalue weighted by molar-refractivity contribution is -0.117. The molecule has 3 N–H and O–H groups in total. The molecule has 2 aromatic rings. The Bertz CT molecular complexity index is 860. The zero-order valence-corrected chi connectivity index (χ0v) is 16.4. The van der Waals surface area contributed by atoms with Gasteiger partial charge in [0.2, 0.25) is 5.91 Å². The molecule has 0 aromatic heterocycles. The van der Waals surface area contributed by atoms with E-state index in [1.807, 2.05) is 24.3 Å². The molecule has 0 saturated carbocycles. The minimum Gasteiger partial charge on any atom is -0.376 e. The Balaban J connectivity index is 1.30. The van der Waals surface area contributed by atoms with Crippen LogP contribution in [0.4, 0.5) is 16.2 Å². The number of nitrogens with one attached hydrogen (secondary N) is 3. The molecule has 2 atom stereocenters. The summed E-state index contributed by atoms with van der Waals surface area (Å²) in [6, 6.07) is 15.1. The highest BCUT2D eigenvalue weighted by atomic mass is 16.5. The molecule has 6 nitrogen and oxygen atoms in total. The summed E-state index contributed by atoms with van der Waals surface area (Å²) in [7, 11) is 0. The Morgan fingerprint density at radius 3 is 2.45 bits per heavy atom. The number of carbonyl (C=O) groups excluding carboxylic acids is 2. The van der Waals surface area contributed by atoms with Crippen LogP contribution in [0.5, 0.6) is 0 Å². The van der Waals surface area contributed by atoms with Gasteiger partial charge in [-0.05, 0) is 67.5 Å². The lowest BCUT2D eigenvalue weighted by atomic mass is 9.82. The van der Waals surface area contributed by atoms with Gasteiger partial charge in [0.25, 0.3) is 0 Å². The highest BCUT2D eigenvalue weighted by Gasteiger charge is 2.26. The van der Waals surface area contributed by atoms with Crippen LogP contribution in [-0.2, 0) is 16.0 Å². The summed E-state index contributed by atoms with van der Waals surface area (Å²) >= 11 is 0. The SMILES string of the molecule is O=C(NCC1CCCO1)Nc1ccc(NC(=O)C2CCCc3ccccc32)cc1. The maximum atomic E-state index is 12.8. The number of aryl methyl sites for hydroxylation is 1. The molecule has 6 heteroatoms. The lowest BCUT2D eigenvalue weighted by Gasteiger charge is -2.24. The molecule has 152 valence electrons. The fraction of sp³-hybridized carbons (Fsp3) is 0.391. The van der Waals surface area contributed by atoms with Crippen LogP contribution >= 0.6 is 0 Å². The largest absolute Gasteiger partial charge is 0.376 e. The molecule has 1 fully saturated rings. The molecule has 2 aromatic carbocycles. The number of ether oxygens (including phenoxy) is 1. The summed E-state index contributed by atoms with van der Waals surface area (Å²) < 4.78 is 5.50. The van der Waals surface area contributed by atoms with E-state index < -0.39 is 0 Å². The summed E-state index contributed by atoms with van der Waals surface area (Å²) in [5, 5.41) is 8.64. The molecule has 1 aliphatic carbocycles. The number of carbonyl (C=O) groups is 2. The minimum atomic E-state index is -0.254. The van der Waals surface area contributed by atoms with Crippen LogP contribution in [0.3, 0.4) is 0 Å². The third-order valence-corrected chi connectivity index (χ3v) is 5.61. The maximum Gasteiger partial charge on any atom is 0.319 e. The van der Waals surface area contributed by atoms with Crippen LogP contribution in [0.25, 0.3) is 0 Å². The smallest absolute Gasteiger partial charge is 0.319 e. The molecule has 1 heterocycles. The second-order valence-electron chi connectivity index (χ2n) is 7.68. The van der Waals surface area contributed by atoms with Gasteiger partial charge in [-0.1, -0.05) is 24.3 Å². The van der Waals surface area contributed by atoms with Crippen molar-refractivity contribution in [3.05, 3.63) is 59.7 Å². The number of benzene rings is 2. The molecule has 1 saturated heterocycles. The van der Waals surface area contributed by atoms with Gasteiger partial charge < -0.3 is 20.7 Å². The third-order valence-electron chi connectivity index (χ3n) is 5.61. The summed E-state index contributed by atoms with van der Waals surface area (Å²) in [4.78, 5) is 24.8. The van der Waals surface area contributed by atoms with Crippen molar-refractivity contribution in [1.29, 1.82) is 0 Å². The predicted octanol–water partition coefficient (Wildman–Crippen LogP) is 4.05. The topological polar surface area (TPSA) is 79.5 Å². The van der Waals surface area contributed by atoms with Crippen molar-refractivity contribution in [1.82, 2.24) is 5.32 Å². The molecule has 2 aliphatic rings. The molecular formula is C23H27N3O3. The van der Waals surface area contributed by atoms with E-state index in [-0.39, 0.29) is 24.0 Å². The molecular weight excluding hydrogens is 366 g/mol. The normalized spacial score (nSPS) is 20.6. The fourth-order valence-electron chi connectivity index (χ4n) is 4.08. The van der Waals surface area contributed by atoms with Gasteiger partial charge in [0.1, 0.15) is 0 Å². The maximum absolute atomic E-state index is 12.8. The van der Waals surface area contributed by atoms with Crippen LogP contribution < -0.4 is 16.0 Å². The second kappa shape index (κ2) is 9.09. The van der Waals surface area contributed by atoms with Crippen molar-refractivity contribution in [2.24, 2.45) is 0 Å². The van der Waals surface area contributed by atoms with Crippen LogP contribution in [0, 0.1) is 0 Å². The van der Waals surface area contributed by atoms with Gasteiger partial charge in [0, 0.05) is 24.5 Å². The predicted molar refractivity (Wildman–Crippen MR) is 113 cm³/mol. The number of hydrogen-bond donors (Lipinski definition) is 3. The minimum absolute atomic E-state index is 0.0205. The Labute approximate surface area is 171 Å². The molecule has 2 unspecified atom stereocenters. The average molecular weight is 393 g/mol. The van der Waals surface area contributed by atoms with E-state index in [9.17, 15) is 9.59 Å². The number of anilines is 2. The van der Waals surface area contributed by atoms with E-state index in [4.69, 9.17) is 4.74 Å². The molecule has 3 amide bonds. The molecule has 1 aliphatic heterocycles. The van der Waals surface area contributed by atoms with Crippen LogP contribution in [0.1, 0.15) is 42.7 Å². The summed E-state index contributed by atoms with van der Waals surface area (Å²) in [6.45, 7) is 1.29. The van der Waals surface area contributed by atoms with Crippen LogP contribution in [0.2, 0.25) is 0 Å². The fourth-order valence-corrected chi connectivity index (χ4v) is 4.08. The second-order valence-corrected chi connectivity index (χ2v) is 7.68. The zero-order chi connectivity index (χ0) is 20.1. The first-order chi connectivity index (χ1) is 14.2. The number of urea groups is 1. The Hall–Kier alpha value is -2.86. The zero-order valence-electron chi connectivity index (χ0n) is 16.4. The van der Waals surface area contributed by atoms with Gasteiger partial charge in [0.15, 0.2) is 0 Å². The molecule has 0 radical (unpaired) electrons. The van der Waals surface area contributed by atoms with E-state index in [2.05, 4.69) is 28.1 Å². The quantitative estimate of drug-likeness (QED) is 0.717. The highest BCUT2D eigenvalue weighted by Crippen LogP contribution is 2.32. The summed E-state index contributed by atoms with van der Waals surface area (Å²) in [5.41, 5.74) is 3.81. The van der Waals surface area contributed by atoms with Gasteiger partial charge in [-0.3, -0.25) is 4.79 Å². The van der Waals surface area contributed by atoms with E-state index >= 15 is 0 Å². The van der Waals surface area contributed by atoms with Crippen molar-refractivity contribution in [2.45, 2.75) is 44.1 Å². The Morgan fingerprint density at radius 1 is 0.931 bits per heavy atom. The van der Waals surface area contributed by atoms with E-state index in [1.54, 1.807) is 12.1 Å². The molecule has 29 heavy (non-hydrogen) atoms. The number of amides is 3. The van der Waals surface area contributed by atoms with Crippen molar-refractivity contribution in [3.63, 3.8) is 0 Å². The third kappa shape index (κ3) is 4.95. The van der Waals surface area contributed by atoms with E-state index in [0.29, 0.717) is 12.2 Å². The van der Waals surface area contributed by atoms with Crippen LogP contribution in [0.15, 0.2) is 48.5 Å². The van der Waals surface area contributed by atoms with Crippen molar-refractivity contribution in [2.75, 3.05) is 23.8 Å². The van der Waals surface area contributed by atoms with Gasteiger partial charge in [-0.15, -0.1) is 0 Å². The van der Waals surface area contributed by atoms with Crippen LogP contribution in [-0.4, -0.2) is 31.2 Å². The van der Waals surface area contributed by atoms with E-state index in [1.165, 1.54) is 5.56 Å². The Morgan fingerprint density at radius 2 is 1.69 bits per heavy atom. The number of fused-ring (bicyclic) bond motifs is 1. The summed E-state index contributed by atoms with van der Waals surface area (Å²) in [6.07, 6.45) is 5.08. The van der Waals surface area contributed by atoms with Gasteiger partial charge >= 0.3 is 6.03 Å².